The molecule has 0 unspecified atom stereocenters. The number of nitrogens with one attached hydrogen (secondary N) is 1. The highest BCUT2D eigenvalue weighted by atomic mass is 16.5. The zero-order valence-corrected chi connectivity index (χ0v) is 14.5. The maximum atomic E-state index is 12.7. The Bertz CT molecular complexity index is 678. The summed E-state index contributed by atoms with van der Waals surface area (Å²) in [5.74, 6) is -0.451. The van der Waals surface area contributed by atoms with Crippen molar-refractivity contribution >= 4 is 28.5 Å². The Morgan fingerprint density at radius 2 is 1.92 bits per heavy atom. The first-order valence-electron chi connectivity index (χ1n) is 8.60. The fourth-order valence-electron chi connectivity index (χ4n) is 2.82. The summed E-state index contributed by atoms with van der Waals surface area (Å²) in [4.78, 5) is 29.1. The fourth-order valence-corrected chi connectivity index (χ4v) is 2.82. The van der Waals surface area contributed by atoms with Gasteiger partial charge in [-0.15, -0.1) is 0 Å². The van der Waals surface area contributed by atoms with Gasteiger partial charge in [0.05, 0.1) is 12.8 Å². The average Bonchev–Trinajstić information content (AvgIpc) is 3.08. The third-order valence-corrected chi connectivity index (χ3v) is 4.17. The number of fused-ring (bicyclic) bond motifs is 1. The van der Waals surface area contributed by atoms with Crippen molar-refractivity contribution in [2.75, 3.05) is 18.6 Å². The molecule has 0 saturated heterocycles. The van der Waals surface area contributed by atoms with Crippen molar-refractivity contribution in [3.05, 3.63) is 30.5 Å². The number of aromatic amines is 1. The minimum absolute atomic E-state index is 0.0365. The summed E-state index contributed by atoms with van der Waals surface area (Å²) in [5.41, 5.74) is 1.69. The molecule has 130 valence electrons. The summed E-state index contributed by atoms with van der Waals surface area (Å²) in [6.45, 7) is 2.11. The number of methoxy groups -OCH3 is 1. The van der Waals surface area contributed by atoms with E-state index in [-0.39, 0.29) is 12.5 Å². The molecule has 1 aromatic carbocycles. The number of unbranched alkanes of at least 4 members (excludes halogenated alkanes) is 4. The van der Waals surface area contributed by atoms with Crippen LogP contribution < -0.4 is 4.90 Å². The number of rotatable bonds is 9. The summed E-state index contributed by atoms with van der Waals surface area (Å²) < 4.78 is 4.76. The number of H-pyrrole nitrogens is 1. The molecule has 5 heteroatoms. The van der Waals surface area contributed by atoms with Crippen molar-refractivity contribution in [3.63, 3.8) is 0 Å². The smallest absolute Gasteiger partial charge is 0.325 e. The molecule has 5 nitrogen and oxygen atoms in total. The molecular formula is C19H26N2O3. The highest BCUT2D eigenvalue weighted by Gasteiger charge is 2.21. The quantitative estimate of drug-likeness (QED) is 0.557. The number of ether oxygens (including phenoxy) is 1. The van der Waals surface area contributed by atoms with E-state index < -0.39 is 5.97 Å². The van der Waals surface area contributed by atoms with Crippen LogP contribution in [0.25, 0.3) is 10.9 Å². The third-order valence-electron chi connectivity index (χ3n) is 4.17. The van der Waals surface area contributed by atoms with E-state index in [1.54, 1.807) is 4.90 Å². The number of carbonyl (C=O) groups excluding carboxylic acids is 2. The lowest BCUT2D eigenvalue weighted by atomic mass is 10.1. The lowest BCUT2D eigenvalue weighted by Gasteiger charge is -2.22. The molecule has 0 bridgehead atoms. The van der Waals surface area contributed by atoms with Gasteiger partial charge >= 0.3 is 5.97 Å². The molecule has 0 aliphatic rings. The van der Waals surface area contributed by atoms with Crippen LogP contribution in [-0.2, 0) is 14.3 Å². The fraction of sp³-hybridized carbons (Fsp3) is 0.474. The number of amides is 1. The number of esters is 1. The lowest BCUT2D eigenvalue weighted by molar-refractivity contribution is -0.140. The molecule has 0 fully saturated rings. The van der Waals surface area contributed by atoms with Crippen LogP contribution in [0.1, 0.15) is 45.4 Å². The third kappa shape index (κ3) is 4.60. The minimum atomic E-state index is -0.415. The Balaban J connectivity index is 2.14. The maximum Gasteiger partial charge on any atom is 0.325 e. The van der Waals surface area contributed by atoms with Crippen LogP contribution in [0.2, 0.25) is 0 Å². The molecule has 0 atom stereocenters. The normalized spacial score (nSPS) is 10.8. The molecule has 0 spiro atoms. The molecule has 24 heavy (non-hydrogen) atoms. The van der Waals surface area contributed by atoms with Gasteiger partial charge in [-0.25, -0.2) is 0 Å². The first-order chi connectivity index (χ1) is 11.7. The van der Waals surface area contributed by atoms with Crippen LogP contribution >= 0.6 is 0 Å². The van der Waals surface area contributed by atoms with E-state index in [4.69, 9.17) is 4.74 Å². The topological polar surface area (TPSA) is 62.4 Å². The van der Waals surface area contributed by atoms with Gasteiger partial charge in [0.1, 0.15) is 6.54 Å². The molecule has 1 N–H and O–H groups in total. The van der Waals surface area contributed by atoms with Crippen LogP contribution in [0.4, 0.5) is 5.69 Å². The molecule has 0 aliphatic carbocycles. The minimum Gasteiger partial charge on any atom is -0.468 e. The van der Waals surface area contributed by atoms with Crippen LogP contribution in [0, 0.1) is 0 Å². The van der Waals surface area contributed by atoms with Crippen molar-refractivity contribution in [1.29, 1.82) is 0 Å². The largest absolute Gasteiger partial charge is 0.468 e. The zero-order chi connectivity index (χ0) is 17.4. The van der Waals surface area contributed by atoms with Gasteiger partial charge in [0.25, 0.3) is 0 Å². The predicted molar refractivity (Wildman–Crippen MR) is 96.0 cm³/mol. The Morgan fingerprint density at radius 1 is 1.12 bits per heavy atom. The van der Waals surface area contributed by atoms with Gasteiger partial charge in [-0.05, 0) is 24.6 Å². The van der Waals surface area contributed by atoms with E-state index in [0.29, 0.717) is 6.42 Å². The molecule has 2 aromatic rings. The summed E-state index contributed by atoms with van der Waals surface area (Å²) in [6, 6.07) is 7.62. The Kier molecular flexibility index (Phi) is 6.85. The van der Waals surface area contributed by atoms with E-state index in [1.807, 2.05) is 30.5 Å². The number of carbonyl (C=O) groups is 2. The summed E-state index contributed by atoms with van der Waals surface area (Å²) in [6.07, 6.45) is 7.69. The van der Waals surface area contributed by atoms with Crippen LogP contribution in [0.5, 0.6) is 0 Å². The molecule has 0 saturated carbocycles. The van der Waals surface area contributed by atoms with Gasteiger partial charge in [0.15, 0.2) is 0 Å². The van der Waals surface area contributed by atoms with Crippen molar-refractivity contribution in [3.8, 4) is 0 Å². The van der Waals surface area contributed by atoms with E-state index in [1.165, 1.54) is 20.0 Å². The van der Waals surface area contributed by atoms with Gasteiger partial charge < -0.3 is 14.6 Å². The van der Waals surface area contributed by atoms with Crippen molar-refractivity contribution in [2.45, 2.75) is 45.4 Å². The van der Waals surface area contributed by atoms with Crippen molar-refractivity contribution in [1.82, 2.24) is 4.98 Å². The predicted octanol–water partition coefficient (Wildman–Crippen LogP) is 4.03. The van der Waals surface area contributed by atoms with Gasteiger partial charge in [-0.1, -0.05) is 38.7 Å². The number of benzene rings is 1. The number of aromatic nitrogens is 1. The molecule has 1 heterocycles. The second-order valence-electron chi connectivity index (χ2n) is 5.94. The lowest BCUT2D eigenvalue weighted by Crippen LogP contribution is -2.36. The number of hydrogen-bond acceptors (Lipinski definition) is 3. The van der Waals surface area contributed by atoms with E-state index in [0.717, 1.165) is 35.9 Å². The Hall–Kier alpha value is -2.30. The highest BCUT2D eigenvalue weighted by Crippen LogP contribution is 2.27. The molecule has 2 rings (SSSR count). The van der Waals surface area contributed by atoms with Crippen molar-refractivity contribution < 1.29 is 14.3 Å². The van der Waals surface area contributed by atoms with Crippen molar-refractivity contribution in [2.24, 2.45) is 0 Å². The zero-order valence-electron chi connectivity index (χ0n) is 14.5. The average molecular weight is 330 g/mol. The maximum absolute atomic E-state index is 12.7. The van der Waals surface area contributed by atoms with Gasteiger partial charge in [0.2, 0.25) is 5.91 Å². The monoisotopic (exact) mass is 330 g/mol. The van der Waals surface area contributed by atoms with E-state index in [9.17, 15) is 9.59 Å². The molecular weight excluding hydrogens is 304 g/mol. The first kappa shape index (κ1) is 18.0. The Labute approximate surface area is 143 Å². The second-order valence-corrected chi connectivity index (χ2v) is 5.94. The number of nitrogens with zero attached hydrogens (tertiary/aromatic N) is 1. The summed E-state index contributed by atoms with van der Waals surface area (Å²) >= 11 is 0. The molecule has 1 aromatic heterocycles. The van der Waals surface area contributed by atoms with Crippen LogP contribution in [0.15, 0.2) is 30.5 Å². The Morgan fingerprint density at radius 3 is 2.67 bits per heavy atom. The van der Waals surface area contributed by atoms with Gasteiger partial charge in [0, 0.05) is 23.5 Å². The summed E-state index contributed by atoms with van der Waals surface area (Å²) in [7, 11) is 1.34. The van der Waals surface area contributed by atoms with E-state index in [2.05, 4.69) is 11.9 Å². The SMILES string of the molecule is CCCCCCCC(=O)N(CC(=O)OC)c1cccc2[nH]ccc12. The van der Waals surface area contributed by atoms with E-state index >= 15 is 0 Å². The molecule has 1 amide bonds. The van der Waals surface area contributed by atoms with Crippen LogP contribution in [-0.4, -0.2) is 30.5 Å². The van der Waals surface area contributed by atoms with Gasteiger partial charge in [-0.3, -0.25) is 9.59 Å². The molecule has 0 radical (unpaired) electrons. The summed E-state index contributed by atoms with van der Waals surface area (Å²) in [5, 5.41) is 0.931. The second kappa shape index (κ2) is 9.11. The van der Waals surface area contributed by atoms with Gasteiger partial charge in [-0.2, -0.15) is 0 Å². The van der Waals surface area contributed by atoms with Crippen LogP contribution in [0.3, 0.4) is 0 Å². The standard InChI is InChI=1S/C19H26N2O3/c1-3-4-5-6-7-11-18(22)21(14-19(23)24-2)17-10-8-9-16-15(17)12-13-20-16/h8-10,12-13,20H,3-7,11,14H2,1-2H3. The molecule has 0 aliphatic heterocycles. The number of anilines is 1. The number of hydrogen-bond donors (Lipinski definition) is 1. The first-order valence-corrected chi connectivity index (χ1v) is 8.60. The highest BCUT2D eigenvalue weighted by molar-refractivity contribution is 6.05.